The SMILES string of the molecule is CCNC(=NCCn1cccn1)N1CCN(C(C)C(=O)N2CCCC2)CC1.I. The van der Waals surface area contributed by atoms with Crippen LogP contribution in [0.15, 0.2) is 23.5 Å². The molecule has 28 heavy (non-hydrogen) atoms. The van der Waals surface area contributed by atoms with Crippen LogP contribution in [0, 0.1) is 0 Å². The molecule has 2 aliphatic rings. The molecule has 0 bridgehead atoms. The molecule has 0 saturated carbocycles. The lowest BCUT2D eigenvalue weighted by Gasteiger charge is -2.39. The van der Waals surface area contributed by atoms with Crippen molar-refractivity contribution in [2.75, 3.05) is 52.4 Å². The molecule has 8 nitrogen and oxygen atoms in total. The van der Waals surface area contributed by atoms with E-state index in [1.54, 1.807) is 6.20 Å². The number of piperazine rings is 1. The summed E-state index contributed by atoms with van der Waals surface area (Å²) in [5, 5.41) is 7.62. The number of rotatable bonds is 6. The van der Waals surface area contributed by atoms with Crippen LogP contribution in [0.5, 0.6) is 0 Å². The van der Waals surface area contributed by atoms with Gasteiger partial charge in [0.25, 0.3) is 0 Å². The topological polar surface area (TPSA) is 69.0 Å². The molecule has 0 radical (unpaired) electrons. The van der Waals surface area contributed by atoms with Crippen LogP contribution in [-0.2, 0) is 11.3 Å². The second-order valence-electron chi connectivity index (χ2n) is 7.24. The Labute approximate surface area is 185 Å². The van der Waals surface area contributed by atoms with E-state index in [4.69, 9.17) is 4.99 Å². The molecule has 0 spiro atoms. The van der Waals surface area contributed by atoms with Crippen LogP contribution in [0.4, 0.5) is 0 Å². The summed E-state index contributed by atoms with van der Waals surface area (Å²) in [5.74, 6) is 1.25. The lowest BCUT2D eigenvalue weighted by molar-refractivity contribution is -0.135. The van der Waals surface area contributed by atoms with Gasteiger partial charge in [-0.15, -0.1) is 24.0 Å². The van der Waals surface area contributed by atoms with Gasteiger partial charge in [-0.1, -0.05) is 0 Å². The Balaban J connectivity index is 0.00000280. The lowest BCUT2D eigenvalue weighted by atomic mass is 10.2. The highest BCUT2D eigenvalue weighted by atomic mass is 127. The molecule has 3 heterocycles. The van der Waals surface area contributed by atoms with E-state index in [9.17, 15) is 4.79 Å². The third kappa shape index (κ3) is 6.07. The maximum Gasteiger partial charge on any atom is 0.239 e. The van der Waals surface area contributed by atoms with Crippen LogP contribution in [0.3, 0.4) is 0 Å². The molecule has 1 N–H and O–H groups in total. The van der Waals surface area contributed by atoms with E-state index in [0.29, 0.717) is 12.5 Å². The van der Waals surface area contributed by atoms with Gasteiger partial charge in [0.1, 0.15) is 0 Å². The van der Waals surface area contributed by atoms with Gasteiger partial charge in [-0.3, -0.25) is 19.4 Å². The van der Waals surface area contributed by atoms with Crippen molar-refractivity contribution in [1.82, 2.24) is 29.8 Å². The fourth-order valence-corrected chi connectivity index (χ4v) is 3.80. The van der Waals surface area contributed by atoms with Gasteiger partial charge in [0.2, 0.25) is 5.91 Å². The van der Waals surface area contributed by atoms with E-state index in [1.807, 2.05) is 21.8 Å². The summed E-state index contributed by atoms with van der Waals surface area (Å²) < 4.78 is 1.90. The molecule has 1 amide bonds. The molecule has 2 saturated heterocycles. The first-order valence-corrected chi connectivity index (χ1v) is 10.2. The summed E-state index contributed by atoms with van der Waals surface area (Å²) in [5.41, 5.74) is 0. The molecule has 0 aliphatic carbocycles. The summed E-state index contributed by atoms with van der Waals surface area (Å²) in [6.45, 7) is 11.9. The standard InChI is InChI=1S/C19H33N7O.HI/c1-3-20-19(21-8-12-26-11-6-7-22-26)25-15-13-23(14-16-25)17(2)18(27)24-9-4-5-10-24;/h6-7,11,17H,3-5,8-10,12-16H2,1-2H3,(H,20,21);1H. The molecule has 9 heteroatoms. The van der Waals surface area contributed by atoms with Crippen LogP contribution >= 0.6 is 24.0 Å². The molecule has 158 valence electrons. The van der Waals surface area contributed by atoms with Gasteiger partial charge in [-0.05, 0) is 32.8 Å². The third-order valence-electron chi connectivity index (χ3n) is 5.42. The van der Waals surface area contributed by atoms with E-state index < -0.39 is 0 Å². The Morgan fingerprint density at radius 3 is 2.46 bits per heavy atom. The summed E-state index contributed by atoms with van der Waals surface area (Å²) in [7, 11) is 0. The molecular formula is C19H34IN7O. The first-order valence-electron chi connectivity index (χ1n) is 10.2. The highest BCUT2D eigenvalue weighted by Gasteiger charge is 2.30. The smallest absolute Gasteiger partial charge is 0.239 e. The largest absolute Gasteiger partial charge is 0.357 e. The fraction of sp³-hybridized carbons (Fsp3) is 0.737. The summed E-state index contributed by atoms with van der Waals surface area (Å²) in [6.07, 6.45) is 6.04. The quantitative estimate of drug-likeness (QED) is 0.358. The average Bonchev–Trinajstić information content (AvgIpc) is 3.40. The van der Waals surface area contributed by atoms with Crippen molar-refractivity contribution in [3.8, 4) is 0 Å². The summed E-state index contributed by atoms with van der Waals surface area (Å²) in [4.78, 5) is 24.0. The number of nitrogens with zero attached hydrogens (tertiary/aromatic N) is 6. The maximum absolute atomic E-state index is 12.6. The molecule has 1 aromatic rings. The van der Waals surface area contributed by atoms with Gasteiger partial charge in [-0.25, -0.2) is 0 Å². The molecule has 1 unspecified atom stereocenters. The number of likely N-dealkylation sites (tertiary alicyclic amines) is 1. The Morgan fingerprint density at radius 2 is 1.86 bits per heavy atom. The van der Waals surface area contributed by atoms with Gasteiger partial charge in [-0.2, -0.15) is 5.10 Å². The van der Waals surface area contributed by atoms with Crippen molar-refractivity contribution in [1.29, 1.82) is 0 Å². The zero-order valence-corrected chi connectivity index (χ0v) is 19.4. The van der Waals surface area contributed by atoms with E-state index in [-0.39, 0.29) is 30.0 Å². The van der Waals surface area contributed by atoms with Crippen molar-refractivity contribution in [2.24, 2.45) is 4.99 Å². The van der Waals surface area contributed by atoms with Crippen molar-refractivity contribution in [3.05, 3.63) is 18.5 Å². The molecule has 1 aromatic heterocycles. The number of nitrogens with one attached hydrogen (secondary N) is 1. The Hall–Kier alpha value is -1.36. The van der Waals surface area contributed by atoms with E-state index >= 15 is 0 Å². The van der Waals surface area contributed by atoms with Crippen LogP contribution in [0.2, 0.25) is 0 Å². The minimum atomic E-state index is -0.0235. The van der Waals surface area contributed by atoms with Crippen molar-refractivity contribution < 1.29 is 4.79 Å². The number of amides is 1. The highest BCUT2D eigenvalue weighted by Crippen LogP contribution is 2.14. The van der Waals surface area contributed by atoms with Crippen LogP contribution < -0.4 is 5.32 Å². The minimum Gasteiger partial charge on any atom is -0.357 e. The average molecular weight is 503 g/mol. The maximum atomic E-state index is 12.6. The second kappa shape index (κ2) is 11.6. The molecule has 3 rings (SSSR count). The number of carbonyl (C=O) groups is 1. The number of hydrogen-bond donors (Lipinski definition) is 1. The van der Waals surface area contributed by atoms with Crippen molar-refractivity contribution in [3.63, 3.8) is 0 Å². The highest BCUT2D eigenvalue weighted by molar-refractivity contribution is 14.0. The van der Waals surface area contributed by atoms with Gasteiger partial charge in [0.05, 0.1) is 19.1 Å². The second-order valence-corrected chi connectivity index (χ2v) is 7.24. The first kappa shape index (κ1) is 22.9. The number of carbonyl (C=O) groups excluding carboxylic acids is 1. The van der Waals surface area contributed by atoms with Crippen LogP contribution in [0.25, 0.3) is 0 Å². The number of aliphatic imine (C=N–C) groups is 1. The third-order valence-corrected chi connectivity index (χ3v) is 5.42. The molecular weight excluding hydrogens is 469 g/mol. The predicted molar refractivity (Wildman–Crippen MR) is 122 cm³/mol. The molecule has 2 fully saturated rings. The predicted octanol–water partition coefficient (Wildman–Crippen LogP) is 1.10. The zero-order chi connectivity index (χ0) is 19.1. The van der Waals surface area contributed by atoms with E-state index in [1.165, 1.54) is 0 Å². The number of hydrogen-bond acceptors (Lipinski definition) is 4. The Kier molecular flexibility index (Phi) is 9.49. The number of guanidine groups is 1. The normalized spacial score (nSPS) is 19.4. The first-order chi connectivity index (χ1) is 13.2. The van der Waals surface area contributed by atoms with E-state index in [0.717, 1.165) is 71.2 Å². The summed E-state index contributed by atoms with van der Waals surface area (Å²) >= 11 is 0. The number of aromatic nitrogens is 2. The van der Waals surface area contributed by atoms with Gasteiger partial charge < -0.3 is 15.1 Å². The van der Waals surface area contributed by atoms with Gasteiger partial charge >= 0.3 is 0 Å². The van der Waals surface area contributed by atoms with Crippen molar-refractivity contribution in [2.45, 2.75) is 39.3 Å². The molecule has 0 aromatic carbocycles. The van der Waals surface area contributed by atoms with Gasteiger partial charge in [0, 0.05) is 58.2 Å². The molecule has 1 atom stereocenters. The fourth-order valence-electron chi connectivity index (χ4n) is 3.80. The monoisotopic (exact) mass is 503 g/mol. The van der Waals surface area contributed by atoms with Crippen LogP contribution in [-0.4, -0.2) is 94.7 Å². The van der Waals surface area contributed by atoms with Crippen molar-refractivity contribution >= 4 is 35.8 Å². The Morgan fingerprint density at radius 1 is 1.14 bits per heavy atom. The minimum absolute atomic E-state index is 0. The van der Waals surface area contributed by atoms with E-state index in [2.05, 4.69) is 34.1 Å². The summed E-state index contributed by atoms with van der Waals surface area (Å²) in [6, 6.07) is 1.91. The Bertz CT molecular complexity index is 608. The molecule has 2 aliphatic heterocycles. The van der Waals surface area contributed by atoms with Crippen LogP contribution in [0.1, 0.15) is 26.7 Å². The zero-order valence-electron chi connectivity index (χ0n) is 17.1. The van der Waals surface area contributed by atoms with Gasteiger partial charge in [0.15, 0.2) is 5.96 Å². The lowest BCUT2D eigenvalue weighted by Crippen LogP contribution is -2.57. The number of halogens is 1.